The van der Waals surface area contributed by atoms with Crippen molar-refractivity contribution >= 4 is 37.8 Å². The SMILES string of the molecule is O=[N+]([O-])c1ccc(N=NC(=NNc2ccc([N+](=O)[O-])cc2)S(=O)(=O)c2ccccc2)cc1. The zero-order valence-electron chi connectivity index (χ0n) is 16.1. The van der Waals surface area contributed by atoms with E-state index in [1.54, 1.807) is 6.07 Å². The van der Waals surface area contributed by atoms with Gasteiger partial charge in [-0.2, -0.15) is 0 Å². The Morgan fingerprint density at radius 3 is 1.84 bits per heavy atom. The van der Waals surface area contributed by atoms with E-state index in [1.807, 2.05) is 0 Å². The lowest BCUT2D eigenvalue weighted by Gasteiger charge is -2.05. The first-order valence-corrected chi connectivity index (χ1v) is 10.3. The van der Waals surface area contributed by atoms with E-state index in [2.05, 4.69) is 20.8 Å². The molecule has 13 heteroatoms. The molecule has 0 aromatic heterocycles. The Kier molecular flexibility index (Phi) is 6.60. The van der Waals surface area contributed by atoms with Crippen LogP contribution in [-0.2, 0) is 9.84 Å². The number of hydrogen-bond acceptors (Lipinski definition) is 9. The number of anilines is 1. The predicted octanol–water partition coefficient (Wildman–Crippen LogP) is 4.44. The lowest BCUT2D eigenvalue weighted by atomic mass is 10.3. The second kappa shape index (κ2) is 9.53. The van der Waals surface area contributed by atoms with E-state index < -0.39 is 24.9 Å². The van der Waals surface area contributed by atoms with Gasteiger partial charge in [-0.25, -0.2) is 8.42 Å². The van der Waals surface area contributed by atoms with Gasteiger partial charge in [-0.3, -0.25) is 25.7 Å². The summed E-state index contributed by atoms with van der Waals surface area (Å²) in [4.78, 5) is 20.3. The third-order valence-electron chi connectivity index (χ3n) is 3.96. The Labute approximate surface area is 181 Å². The number of hydrogen-bond donors (Lipinski definition) is 1. The molecule has 0 unspecified atom stereocenters. The van der Waals surface area contributed by atoms with Crippen LogP contribution < -0.4 is 5.43 Å². The maximum atomic E-state index is 13.0. The molecule has 0 radical (unpaired) electrons. The van der Waals surface area contributed by atoms with E-state index in [-0.39, 0.29) is 27.6 Å². The van der Waals surface area contributed by atoms with Crippen molar-refractivity contribution < 1.29 is 18.3 Å². The van der Waals surface area contributed by atoms with Gasteiger partial charge >= 0.3 is 0 Å². The minimum Gasteiger partial charge on any atom is -0.276 e. The fraction of sp³-hybridized carbons (Fsp3) is 0. The molecule has 162 valence electrons. The topological polar surface area (TPSA) is 170 Å². The molecule has 0 spiro atoms. The summed E-state index contributed by atoms with van der Waals surface area (Å²) >= 11 is 0. The Hall–Kier alpha value is -4.52. The molecule has 3 aromatic carbocycles. The molecule has 0 heterocycles. The second-order valence-electron chi connectivity index (χ2n) is 6.10. The Morgan fingerprint density at radius 1 is 0.781 bits per heavy atom. The maximum Gasteiger partial charge on any atom is 0.289 e. The van der Waals surface area contributed by atoms with Gasteiger partial charge < -0.3 is 0 Å². The van der Waals surface area contributed by atoms with Gasteiger partial charge in [-0.1, -0.05) is 18.2 Å². The summed E-state index contributed by atoms with van der Waals surface area (Å²) in [5.74, 6) is 0. The quantitative estimate of drug-likeness (QED) is 0.188. The number of benzene rings is 3. The zero-order chi connectivity index (χ0) is 23.1. The fourth-order valence-electron chi connectivity index (χ4n) is 2.35. The molecule has 32 heavy (non-hydrogen) atoms. The molecule has 12 nitrogen and oxygen atoms in total. The summed E-state index contributed by atoms with van der Waals surface area (Å²) in [6.45, 7) is 0. The first-order chi connectivity index (χ1) is 15.3. The highest BCUT2D eigenvalue weighted by Crippen LogP contribution is 2.21. The largest absolute Gasteiger partial charge is 0.289 e. The van der Waals surface area contributed by atoms with E-state index in [1.165, 1.54) is 72.8 Å². The molecule has 0 aliphatic rings. The zero-order valence-corrected chi connectivity index (χ0v) is 16.9. The summed E-state index contributed by atoms with van der Waals surface area (Å²) in [5, 5.41) is 32.2. The second-order valence-corrected chi connectivity index (χ2v) is 7.94. The average molecular weight is 454 g/mol. The van der Waals surface area contributed by atoms with Crippen molar-refractivity contribution in [1.29, 1.82) is 0 Å². The van der Waals surface area contributed by atoms with Crippen molar-refractivity contribution in [2.45, 2.75) is 4.90 Å². The average Bonchev–Trinajstić information content (AvgIpc) is 2.80. The van der Waals surface area contributed by atoms with Gasteiger partial charge in [0.1, 0.15) is 0 Å². The Balaban J connectivity index is 1.94. The van der Waals surface area contributed by atoms with Crippen LogP contribution in [0.5, 0.6) is 0 Å². The number of amidine groups is 1. The van der Waals surface area contributed by atoms with Crippen LogP contribution in [0, 0.1) is 20.2 Å². The fourth-order valence-corrected chi connectivity index (χ4v) is 3.39. The van der Waals surface area contributed by atoms with Crippen LogP contribution in [0.25, 0.3) is 0 Å². The van der Waals surface area contributed by atoms with Crippen molar-refractivity contribution in [2.75, 3.05) is 5.43 Å². The highest BCUT2D eigenvalue weighted by atomic mass is 32.2. The van der Waals surface area contributed by atoms with Crippen LogP contribution in [0.3, 0.4) is 0 Å². The van der Waals surface area contributed by atoms with Crippen molar-refractivity contribution in [3.63, 3.8) is 0 Å². The lowest BCUT2D eigenvalue weighted by Crippen LogP contribution is -2.14. The highest BCUT2D eigenvalue weighted by Gasteiger charge is 2.23. The summed E-state index contributed by atoms with van der Waals surface area (Å²) < 4.78 is 25.9. The number of hydrazone groups is 1. The molecule has 0 fully saturated rings. The van der Waals surface area contributed by atoms with E-state index in [0.29, 0.717) is 0 Å². The molecule has 0 aliphatic carbocycles. The molecular formula is C19H14N6O6S. The van der Waals surface area contributed by atoms with Crippen LogP contribution in [0.15, 0.2) is 99.1 Å². The number of sulfone groups is 1. The van der Waals surface area contributed by atoms with Gasteiger partial charge in [0.2, 0.25) is 9.84 Å². The van der Waals surface area contributed by atoms with Gasteiger partial charge in [0.05, 0.1) is 26.1 Å². The van der Waals surface area contributed by atoms with Crippen LogP contribution >= 0.6 is 0 Å². The van der Waals surface area contributed by atoms with Crippen LogP contribution in [0.2, 0.25) is 0 Å². The Morgan fingerprint density at radius 2 is 1.31 bits per heavy atom. The smallest absolute Gasteiger partial charge is 0.276 e. The number of non-ortho nitro benzene ring substituents is 2. The molecule has 1 N–H and O–H groups in total. The van der Waals surface area contributed by atoms with E-state index in [0.717, 1.165) is 0 Å². The maximum absolute atomic E-state index is 13.0. The number of nitrogens with one attached hydrogen (secondary N) is 1. The normalized spacial score (nSPS) is 11.9. The summed E-state index contributed by atoms with van der Waals surface area (Å²) in [7, 11) is -4.17. The van der Waals surface area contributed by atoms with Gasteiger partial charge in [-0.05, 0) is 36.4 Å². The van der Waals surface area contributed by atoms with Gasteiger partial charge in [0.15, 0.2) is 0 Å². The minimum atomic E-state index is -4.17. The van der Waals surface area contributed by atoms with E-state index in [9.17, 15) is 28.6 Å². The number of rotatable bonds is 6. The lowest BCUT2D eigenvalue weighted by molar-refractivity contribution is -0.385. The molecule has 0 bridgehead atoms. The molecular weight excluding hydrogens is 440 g/mol. The van der Waals surface area contributed by atoms with Crippen LogP contribution in [0.4, 0.5) is 22.7 Å². The molecule has 0 saturated heterocycles. The predicted molar refractivity (Wildman–Crippen MR) is 115 cm³/mol. The molecule has 0 aliphatic heterocycles. The van der Waals surface area contributed by atoms with E-state index in [4.69, 9.17) is 0 Å². The van der Waals surface area contributed by atoms with E-state index >= 15 is 0 Å². The van der Waals surface area contributed by atoms with Gasteiger partial charge in [0, 0.05) is 24.3 Å². The summed E-state index contributed by atoms with van der Waals surface area (Å²) in [6.07, 6.45) is 0. The summed E-state index contributed by atoms with van der Waals surface area (Å²) in [5.41, 5.74) is 2.64. The first-order valence-electron chi connectivity index (χ1n) is 8.82. The third kappa shape index (κ3) is 5.34. The number of nitro benzene ring substituents is 2. The molecule has 3 rings (SSSR count). The highest BCUT2D eigenvalue weighted by molar-refractivity contribution is 8.06. The van der Waals surface area contributed by atoms with Crippen molar-refractivity contribution in [3.05, 3.63) is 99.1 Å². The van der Waals surface area contributed by atoms with Gasteiger partial charge in [0.25, 0.3) is 16.5 Å². The number of azo groups is 1. The van der Waals surface area contributed by atoms with Gasteiger partial charge in [-0.15, -0.1) is 15.3 Å². The first kappa shape index (κ1) is 22.2. The molecule has 0 saturated carbocycles. The Bertz CT molecular complexity index is 1290. The van der Waals surface area contributed by atoms with Crippen molar-refractivity contribution in [2.24, 2.45) is 15.3 Å². The van der Waals surface area contributed by atoms with Crippen LogP contribution in [0.1, 0.15) is 0 Å². The molecule has 3 aromatic rings. The summed E-state index contributed by atoms with van der Waals surface area (Å²) in [6, 6.07) is 17.6. The molecule has 0 amide bonds. The van der Waals surface area contributed by atoms with Crippen LogP contribution in [-0.4, -0.2) is 23.4 Å². The standard InChI is InChI=1S/C19H14N6O6S/c26-24(27)16-10-6-14(7-11-16)20-22-19(32(30,31)18-4-2-1-3-5-18)23-21-15-8-12-17(13-9-15)25(28)29/h1-13,20H. The van der Waals surface area contributed by atoms with Crippen molar-refractivity contribution in [1.82, 2.24) is 0 Å². The minimum absolute atomic E-state index is 0.0769. The number of nitrogens with zero attached hydrogens (tertiary/aromatic N) is 5. The number of nitro groups is 2. The van der Waals surface area contributed by atoms with Crippen molar-refractivity contribution in [3.8, 4) is 0 Å². The third-order valence-corrected chi connectivity index (χ3v) is 5.51. The monoisotopic (exact) mass is 454 g/mol. The molecule has 0 atom stereocenters.